The van der Waals surface area contributed by atoms with E-state index in [0.29, 0.717) is 18.6 Å². The summed E-state index contributed by atoms with van der Waals surface area (Å²) in [6, 6.07) is 0.659. The van der Waals surface area contributed by atoms with Crippen LogP contribution in [0.5, 0.6) is 0 Å². The van der Waals surface area contributed by atoms with E-state index >= 15 is 0 Å². The fourth-order valence-electron chi connectivity index (χ4n) is 2.14. The number of thioether (sulfide) groups is 1. The second-order valence-electron chi connectivity index (χ2n) is 5.25. The van der Waals surface area contributed by atoms with Crippen LogP contribution in [0.4, 0.5) is 0 Å². The molecule has 0 saturated carbocycles. The molecule has 0 aliphatic carbocycles. The molecule has 106 valence electrons. The van der Waals surface area contributed by atoms with Crippen LogP contribution in [0.15, 0.2) is 0 Å². The molecule has 0 radical (unpaired) electrons. The normalized spacial score (nSPS) is 19.8. The quantitative estimate of drug-likeness (QED) is 0.785. The van der Waals surface area contributed by atoms with Crippen LogP contribution in [0.1, 0.15) is 26.2 Å². The lowest BCUT2D eigenvalue weighted by Gasteiger charge is -2.32. The Morgan fingerprint density at radius 3 is 2.67 bits per heavy atom. The van der Waals surface area contributed by atoms with Gasteiger partial charge in [0, 0.05) is 32.2 Å². The summed E-state index contributed by atoms with van der Waals surface area (Å²) < 4.78 is 0. The maximum absolute atomic E-state index is 12.1. The molecule has 0 aromatic heterocycles. The summed E-state index contributed by atoms with van der Waals surface area (Å²) in [4.78, 5) is 16.3. The third-order valence-corrected chi connectivity index (χ3v) is 4.43. The van der Waals surface area contributed by atoms with E-state index in [1.165, 1.54) is 0 Å². The molecule has 1 fully saturated rings. The van der Waals surface area contributed by atoms with Crippen molar-refractivity contribution >= 4 is 17.7 Å². The van der Waals surface area contributed by atoms with E-state index in [-0.39, 0.29) is 5.91 Å². The van der Waals surface area contributed by atoms with Gasteiger partial charge in [0.1, 0.15) is 0 Å². The zero-order valence-electron chi connectivity index (χ0n) is 11.9. The van der Waals surface area contributed by atoms with Crippen LogP contribution >= 0.6 is 11.8 Å². The standard InChI is InChI=1S/C13H27N3OS/c1-11(6-9-18-3)15(2)13(17)10-16-7-4-12(14)5-8-16/h11-12H,4-10,14H2,1-3H3. The minimum absolute atomic E-state index is 0.235. The number of carbonyl (C=O) groups excluding carboxylic acids is 1. The van der Waals surface area contributed by atoms with Crippen LogP contribution in [0.25, 0.3) is 0 Å². The summed E-state index contributed by atoms with van der Waals surface area (Å²) in [6.45, 7) is 4.59. The van der Waals surface area contributed by atoms with E-state index < -0.39 is 0 Å². The smallest absolute Gasteiger partial charge is 0.236 e. The van der Waals surface area contributed by atoms with Gasteiger partial charge in [0.2, 0.25) is 5.91 Å². The van der Waals surface area contributed by atoms with E-state index in [0.717, 1.165) is 38.1 Å². The number of amides is 1. The van der Waals surface area contributed by atoms with E-state index in [4.69, 9.17) is 5.73 Å². The number of likely N-dealkylation sites (N-methyl/N-ethyl adjacent to an activating group) is 1. The lowest BCUT2D eigenvalue weighted by Crippen LogP contribution is -2.46. The van der Waals surface area contributed by atoms with E-state index in [1.54, 1.807) is 0 Å². The third-order valence-electron chi connectivity index (χ3n) is 3.79. The number of rotatable bonds is 6. The van der Waals surface area contributed by atoms with Gasteiger partial charge in [0.05, 0.1) is 6.54 Å². The van der Waals surface area contributed by atoms with Crippen LogP contribution in [0.3, 0.4) is 0 Å². The summed E-state index contributed by atoms with van der Waals surface area (Å²) in [5.74, 6) is 1.34. The summed E-state index contributed by atoms with van der Waals surface area (Å²) >= 11 is 1.83. The van der Waals surface area contributed by atoms with E-state index in [1.807, 2.05) is 23.7 Å². The molecule has 1 heterocycles. The minimum Gasteiger partial charge on any atom is -0.342 e. The molecule has 2 N–H and O–H groups in total. The predicted octanol–water partition coefficient (Wildman–Crippen LogP) is 1.01. The largest absolute Gasteiger partial charge is 0.342 e. The van der Waals surface area contributed by atoms with Crippen molar-refractivity contribution in [2.45, 2.75) is 38.3 Å². The zero-order valence-corrected chi connectivity index (χ0v) is 12.7. The van der Waals surface area contributed by atoms with Crippen molar-refractivity contribution in [1.82, 2.24) is 9.80 Å². The van der Waals surface area contributed by atoms with Gasteiger partial charge in [-0.3, -0.25) is 9.69 Å². The molecular weight excluding hydrogens is 246 g/mol. The molecule has 18 heavy (non-hydrogen) atoms. The van der Waals surface area contributed by atoms with Gasteiger partial charge in [-0.15, -0.1) is 0 Å². The summed E-state index contributed by atoms with van der Waals surface area (Å²) in [6.07, 6.45) is 5.19. The molecule has 5 heteroatoms. The Kier molecular flexibility index (Phi) is 7.04. The molecule has 1 aliphatic rings. The number of nitrogens with two attached hydrogens (primary N) is 1. The van der Waals surface area contributed by atoms with Crippen molar-refractivity contribution in [2.75, 3.05) is 38.7 Å². The van der Waals surface area contributed by atoms with Gasteiger partial charge in [-0.2, -0.15) is 11.8 Å². The van der Waals surface area contributed by atoms with E-state index in [9.17, 15) is 4.79 Å². The highest BCUT2D eigenvalue weighted by atomic mass is 32.2. The fraction of sp³-hybridized carbons (Fsp3) is 0.923. The van der Waals surface area contributed by atoms with Crippen molar-refractivity contribution in [3.05, 3.63) is 0 Å². The van der Waals surface area contributed by atoms with Crippen molar-refractivity contribution in [1.29, 1.82) is 0 Å². The van der Waals surface area contributed by atoms with Crippen LogP contribution in [-0.4, -0.2) is 66.5 Å². The molecule has 1 rings (SSSR count). The fourth-order valence-corrected chi connectivity index (χ4v) is 2.72. The van der Waals surface area contributed by atoms with Crippen molar-refractivity contribution in [3.63, 3.8) is 0 Å². The van der Waals surface area contributed by atoms with Crippen LogP contribution in [0.2, 0.25) is 0 Å². The molecule has 1 aliphatic heterocycles. The molecule has 1 unspecified atom stereocenters. The Bertz CT molecular complexity index is 255. The molecule has 0 spiro atoms. The zero-order chi connectivity index (χ0) is 13.5. The van der Waals surface area contributed by atoms with Crippen LogP contribution in [-0.2, 0) is 4.79 Å². The van der Waals surface area contributed by atoms with Crippen molar-refractivity contribution < 1.29 is 4.79 Å². The molecule has 1 amide bonds. The number of hydrogen-bond donors (Lipinski definition) is 1. The van der Waals surface area contributed by atoms with Gasteiger partial charge < -0.3 is 10.6 Å². The first-order chi connectivity index (χ1) is 8.54. The summed E-state index contributed by atoms with van der Waals surface area (Å²) in [5.41, 5.74) is 5.87. The maximum Gasteiger partial charge on any atom is 0.236 e. The monoisotopic (exact) mass is 273 g/mol. The average molecular weight is 273 g/mol. The van der Waals surface area contributed by atoms with Gasteiger partial charge in [-0.1, -0.05) is 0 Å². The van der Waals surface area contributed by atoms with Gasteiger partial charge >= 0.3 is 0 Å². The molecular formula is C13H27N3OS. The third kappa shape index (κ3) is 5.16. The van der Waals surface area contributed by atoms with Crippen LogP contribution < -0.4 is 5.73 Å². The molecule has 0 aromatic rings. The van der Waals surface area contributed by atoms with Gasteiger partial charge in [0.15, 0.2) is 0 Å². The Balaban J connectivity index is 2.30. The minimum atomic E-state index is 0.235. The molecule has 1 saturated heterocycles. The first kappa shape index (κ1) is 15.8. The highest BCUT2D eigenvalue weighted by Gasteiger charge is 2.21. The number of hydrogen-bond acceptors (Lipinski definition) is 4. The predicted molar refractivity (Wildman–Crippen MR) is 78.9 cm³/mol. The second-order valence-corrected chi connectivity index (χ2v) is 6.23. The number of likely N-dealkylation sites (tertiary alicyclic amines) is 1. The van der Waals surface area contributed by atoms with Gasteiger partial charge in [-0.05, 0) is 38.2 Å². The van der Waals surface area contributed by atoms with Crippen molar-refractivity contribution in [2.24, 2.45) is 5.73 Å². The highest BCUT2D eigenvalue weighted by Crippen LogP contribution is 2.10. The topological polar surface area (TPSA) is 49.6 Å². The van der Waals surface area contributed by atoms with Crippen LogP contribution in [0, 0.1) is 0 Å². The first-order valence-electron chi connectivity index (χ1n) is 6.77. The lowest BCUT2D eigenvalue weighted by atomic mass is 10.1. The molecule has 0 bridgehead atoms. The summed E-state index contributed by atoms with van der Waals surface area (Å²) in [5, 5.41) is 0. The number of piperidine rings is 1. The molecule has 4 nitrogen and oxygen atoms in total. The first-order valence-corrected chi connectivity index (χ1v) is 8.16. The number of nitrogens with zero attached hydrogens (tertiary/aromatic N) is 2. The molecule has 1 atom stereocenters. The lowest BCUT2D eigenvalue weighted by molar-refractivity contribution is -0.133. The van der Waals surface area contributed by atoms with E-state index in [2.05, 4.69) is 18.1 Å². The Hall–Kier alpha value is -0.260. The average Bonchev–Trinajstić information content (AvgIpc) is 2.37. The maximum atomic E-state index is 12.1. The van der Waals surface area contributed by atoms with Crippen molar-refractivity contribution in [3.8, 4) is 0 Å². The van der Waals surface area contributed by atoms with Gasteiger partial charge in [-0.25, -0.2) is 0 Å². The highest BCUT2D eigenvalue weighted by molar-refractivity contribution is 7.98. The van der Waals surface area contributed by atoms with Gasteiger partial charge in [0.25, 0.3) is 0 Å². The second kappa shape index (κ2) is 8.02. The number of carbonyl (C=O) groups is 1. The Labute approximate surface area is 115 Å². The SMILES string of the molecule is CSCCC(C)N(C)C(=O)CN1CCC(N)CC1. The summed E-state index contributed by atoms with van der Waals surface area (Å²) in [7, 11) is 1.92. The Morgan fingerprint density at radius 1 is 1.50 bits per heavy atom. The Morgan fingerprint density at radius 2 is 2.11 bits per heavy atom. The molecule has 0 aromatic carbocycles.